The topological polar surface area (TPSA) is 55.6 Å². The summed E-state index contributed by atoms with van der Waals surface area (Å²) in [6.07, 6.45) is 2.47. The van der Waals surface area contributed by atoms with Gasteiger partial charge in [0.2, 0.25) is 0 Å². The van der Waals surface area contributed by atoms with Crippen molar-refractivity contribution in [3.8, 4) is 0 Å². The second kappa shape index (κ2) is 7.30. The van der Waals surface area contributed by atoms with E-state index in [9.17, 15) is 9.18 Å². The monoisotopic (exact) mass is 322 g/mol. The molecule has 0 aliphatic carbocycles. The van der Waals surface area contributed by atoms with Gasteiger partial charge >= 0.3 is 6.09 Å². The van der Waals surface area contributed by atoms with Gasteiger partial charge < -0.3 is 15.4 Å². The molecule has 1 amide bonds. The van der Waals surface area contributed by atoms with Crippen molar-refractivity contribution in [2.75, 3.05) is 13.1 Å². The minimum atomic E-state index is -0.459. The molecule has 1 aliphatic heterocycles. The van der Waals surface area contributed by atoms with Gasteiger partial charge in [-0.05, 0) is 63.6 Å². The van der Waals surface area contributed by atoms with E-state index in [1.54, 1.807) is 17.0 Å². The van der Waals surface area contributed by atoms with E-state index in [0.717, 1.165) is 24.8 Å². The molecule has 5 heteroatoms. The summed E-state index contributed by atoms with van der Waals surface area (Å²) in [4.78, 5) is 13.8. The Hall–Kier alpha value is -1.62. The lowest BCUT2D eigenvalue weighted by atomic mass is 9.88. The molecule has 1 aliphatic rings. The first-order chi connectivity index (χ1) is 10.7. The van der Waals surface area contributed by atoms with Crippen molar-refractivity contribution in [2.24, 2.45) is 11.7 Å². The molecule has 1 aromatic rings. The SMILES string of the molecule is CC(C)(C)OC(=O)N1CCC(C[C@H](N)c2ccc(F)cc2)CC1. The number of nitrogens with two attached hydrogens (primary N) is 1. The molecule has 0 unspecified atom stereocenters. The van der Waals surface area contributed by atoms with Gasteiger partial charge in [-0.3, -0.25) is 0 Å². The summed E-state index contributed by atoms with van der Waals surface area (Å²) in [5.41, 5.74) is 6.73. The van der Waals surface area contributed by atoms with Gasteiger partial charge in [0.25, 0.3) is 0 Å². The quantitative estimate of drug-likeness (QED) is 0.919. The average molecular weight is 322 g/mol. The Morgan fingerprint density at radius 2 is 1.87 bits per heavy atom. The summed E-state index contributed by atoms with van der Waals surface area (Å²) < 4.78 is 18.4. The third kappa shape index (κ3) is 5.50. The Balaban J connectivity index is 1.80. The number of hydrogen-bond donors (Lipinski definition) is 1. The molecular formula is C18H27FN2O2. The van der Waals surface area contributed by atoms with Gasteiger partial charge in [-0.25, -0.2) is 9.18 Å². The second-order valence-corrected chi connectivity index (χ2v) is 7.30. The molecule has 1 heterocycles. The highest BCUT2D eigenvalue weighted by atomic mass is 19.1. The predicted molar refractivity (Wildman–Crippen MR) is 88.5 cm³/mol. The van der Waals surface area contributed by atoms with Crippen LogP contribution in [-0.2, 0) is 4.74 Å². The number of amides is 1. The Morgan fingerprint density at radius 1 is 1.30 bits per heavy atom. The zero-order valence-electron chi connectivity index (χ0n) is 14.2. The van der Waals surface area contributed by atoms with Crippen molar-refractivity contribution in [1.29, 1.82) is 0 Å². The van der Waals surface area contributed by atoms with Crippen LogP contribution in [0.3, 0.4) is 0 Å². The van der Waals surface area contributed by atoms with Crippen molar-refractivity contribution in [3.05, 3.63) is 35.6 Å². The van der Waals surface area contributed by atoms with Crippen LogP contribution in [0.15, 0.2) is 24.3 Å². The third-order valence-electron chi connectivity index (χ3n) is 4.15. The van der Waals surface area contributed by atoms with Crippen LogP contribution in [0, 0.1) is 11.7 Å². The molecule has 0 saturated carbocycles. The standard InChI is InChI=1S/C18H27FN2O2/c1-18(2,3)23-17(22)21-10-8-13(9-11-21)12-16(20)14-4-6-15(19)7-5-14/h4-7,13,16H,8-12,20H2,1-3H3/t16-/m0/s1. The van der Waals surface area contributed by atoms with Crippen LogP contribution in [0.1, 0.15) is 51.6 Å². The molecular weight excluding hydrogens is 295 g/mol. The largest absolute Gasteiger partial charge is 0.444 e. The molecule has 1 aromatic carbocycles. The number of hydrogen-bond acceptors (Lipinski definition) is 3. The molecule has 2 N–H and O–H groups in total. The minimum absolute atomic E-state index is 0.0892. The first kappa shape index (κ1) is 17.7. The lowest BCUT2D eigenvalue weighted by Crippen LogP contribution is -2.42. The van der Waals surface area contributed by atoms with E-state index in [0.29, 0.717) is 19.0 Å². The summed E-state index contributed by atoms with van der Waals surface area (Å²) in [7, 11) is 0. The van der Waals surface area contributed by atoms with Crippen LogP contribution >= 0.6 is 0 Å². The highest BCUT2D eigenvalue weighted by molar-refractivity contribution is 5.68. The van der Waals surface area contributed by atoms with Crippen LogP contribution < -0.4 is 5.73 Å². The van der Waals surface area contributed by atoms with Crippen LogP contribution in [0.4, 0.5) is 9.18 Å². The normalized spacial score (nSPS) is 17.9. The van der Waals surface area contributed by atoms with Crippen molar-refractivity contribution < 1.29 is 13.9 Å². The molecule has 0 spiro atoms. The highest BCUT2D eigenvalue weighted by Crippen LogP contribution is 2.27. The van der Waals surface area contributed by atoms with E-state index < -0.39 is 5.60 Å². The van der Waals surface area contributed by atoms with E-state index in [-0.39, 0.29) is 18.0 Å². The van der Waals surface area contributed by atoms with E-state index in [2.05, 4.69) is 0 Å². The maximum Gasteiger partial charge on any atom is 0.410 e. The Bertz CT molecular complexity index is 517. The molecule has 23 heavy (non-hydrogen) atoms. The van der Waals surface area contributed by atoms with Gasteiger partial charge in [0, 0.05) is 19.1 Å². The number of carbonyl (C=O) groups excluding carboxylic acids is 1. The smallest absolute Gasteiger partial charge is 0.410 e. The molecule has 1 saturated heterocycles. The molecule has 128 valence electrons. The fraction of sp³-hybridized carbons (Fsp3) is 0.611. The van der Waals surface area contributed by atoms with Gasteiger partial charge in [-0.1, -0.05) is 12.1 Å². The van der Waals surface area contributed by atoms with Crippen molar-refractivity contribution in [2.45, 2.75) is 51.7 Å². The number of carbonyl (C=O) groups is 1. The maximum absolute atomic E-state index is 13.0. The zero-order chi connectivity index (χ0) is 17.0. The fourth-order valence-corrected chi connectivity index (χ4v) is 2.88. The van der Waals surface area contributed by atoms with Gasteiger partial charge in [0.05, 0.1) is 0 Å². The van der Waals surface area contributed by atoms with Crippen molar-refractivity contribution in [3.63, 3.8) is 0 Å². The maximum atomic E-state index is 13.0. The summed E-state index contributed by atoms with van der Waals surface area (Å²) in [6.45, 7) is 7.03. The number of benzene rings is 1. The second-order valence-electron chi connectivity index (χ2n) is 7.30. The minimum Gasteiger partial charge on any atom is -0.444 e. The van der Waals surface area contributed by atoms with Crippen molar-refractivity contribution >= 4 is 6.09 Å². The summed E-state index contributed by atoms with van der Waals surface area (Å²) >= 11 is 0. The van der Waals surface area contributed by atoms with E-state index in [4.69, 9.17) is 10.5 Å². The van der Waals surface area contributed by atoms with E-state index in [1.165, 1.54) is 12.1 Å². The number of piperidine rings is 1. The van der Waals surface area contributed by atoms with E-state index >= 15 is 0 Å². The number of likely N-dealkylation sites (tertiary alicyclic amines) is 1. The Labute approximate surface area is 137 Å². The predicted octanol–water partition coefficient (Wildman–Crippen LogP) is 3.86. The molecule has 1 atom stereocenters. The highest BCUT2D eigenvalue weighted by Gasteiger charge is 2.27. The zero-order valence-corrected chi connectivity index (χ0v) is 14.2. The van der Waals surface area contributed by atoms with Crippen LogP contribution in [-0.4, -0.2) is 29.7 Å². The van der Waals surface area contributed by atoms with Gasteiger partial charge in [0.15, 0.2) is 0 Å². The summed E-state index contributed by atoms with van der Waals surface area (Å²) in [6, 6.07) is 6.29. The van der Waals surface area contributed by atoms with Crippen molar-refractivity contribution in [1.82, 2.24) is 4.90 Å². The first-order valence-corrected chi connectivity index (χ1v) is 8.23. The lowest BCUT2D eigenvalue weighted by Gasteiger charge is -2.34. The fourth-order valence-electron chi connectivity index (χ4n) is 2.88. The number of halogens is 1. The van der Waals surface area contributed by atoms with Gasteiger partial charge in [-0.2, -0.15) is 0 Å². The van der Waals surface area contributed by atoms with E-state index in [1.807, 2.05) is 20.8 Å². The molecule has 0 bridgehead atoms. The molecule has 0 aromatic heterocycles. The third-order valence-corrected chi connectivity index (χ3v) is 4.15. The summed E-state index contributed by atoms with van der Waals surface area (Å²) in [5, 5.41) is 0. The lowest BCUT2D eigenvalue weighted by molar-refractivity contribution is 0.0179. The number of rotatable bonds is 3. The molecule has 0 radical (unpaired) electrons. The molecule has 2 rings (SSSR count). The van der Waals surface area contributed by atoms with Crippen LogP contribution in [0.5, 0.6) is 0 Å². The average Bonchev–Trinajstić information content (AvgIpc) is 2.46. The number of nitrogens with zero attached hydrogens (tertiary/aromatic N) is 1. The van der Waals surface area contributed by atoms with Crippen LogP contribution in [0.25, 0.3) is 0 Å². The van der Waals surface area contributed by atoms with Gasteiger partial charge in [-0.15, -0.1) is 0 Å². The number of ether oxygens (including phenoxy) is 1. The Morgan fingerprint density at radius 3 is 2.39 bits per heavy atom. The van der Waals surface area contributed by atoms with Gasteiger partial charge in [0.1, 0.15) is 11.4 Å². The Kier molecular flexibility index (Phi) is 5.63. The first-order valence-electron chi connectivity index (χ1n) is 8.23. The summed E-state index contributed by atoms with van der Waals surface area (Å²) in [5.74, 6) is 0.236. The van der Waals surface area contributed by atoms with Crippen LogP contribution in [0.2, 0.25) is 0 Å². The molecule has 1 fully saturated rings. The molecule has 4 nitrogen and oxygen atoms in total.